The molecule has 0 aliphatic heterocycles. The molecule has 2 fully saturated rings. The van der Waals surface area contributed by atoms with Crippen LogP contribution in [-0.4, -0.2) is 6.04 Å². The predicted octanol–water partition coefficient (Wildman–Crippen LogP) is 1.52. The first kappa shape index (κ1) is 5.72. The van der Waals surface area contributed by atoms with Gasteiger partial charge in [-0.05, 0) is 37.0 Å². The van der Waals surface area contributed by atoms with Crippen LogP contribution in [0.1, 0.15) is 32.6 Å². The van der Waals surface area contributed by atoms with Gasteiger partial charge in [-0.15, -0.1) is 0 Å². The predicted molar refractivity (Wildman–Crippen MR) is 38.0 cm³/mol. The minimum Gasteiger partial charge on any atom is -0.327 e. The molecule has 0 saturated heterocycles. The first-order chi connectivity index (χ1) is 4.22. The van der Waals surface area contributed by atoms with Gasteiger partial charge in [-0.3, -0.25) is 0 Å². The zero-order valence-corrected chi connectivity index (χ0v) is 6.06. The van der Waals surface area contributed by atoms with Crippen molar-refractivity contribution in [1.82, 2.24) is 0 Å². The van der Waals surface area contributed by atoms with Gasteiger partial charge in [0, 0.05) is 6.04 Å². The third-order valence-corrected chi connectivity index (χ3v) is 2.97. The van der Waals surface area contributed by atoms with E-state index in [0.717, 1.165) is 5.92 Å². The largest absolute Gasteiger partial charge is 0.327 e. The Morgan fingerprint density at radius 1 is 1.44 bits per heavy atom. The molecular formula is C8H15N. The first-order valence-corrected chi connectivity index (χ1v) is 3.98. The molecule has 1 nitrogen and oxygen atoms in total. The second kappa shape index (κ2) is 1.51. The van der Waals surface area contributed by atoms with E-state index >= 15 is 0 Å². The Balaban J connectivity index is 1.95. The van der Waals surface area contributed by atoms with Gasteiger partial charge < -0.3 is 5.73 Å². The lowest BCUT2D eigenvalue weighted by Gasteiger charge is -2.16. The number of nitrogens with two attached hydrogens (primary N) is 1. The maximum Gasteiger partial charge on any atom is 0.0121 e. The average Bonchev–Trinajstić information content (AvgIpc) is 2.54. The number of rotatable bonds is 2. The Morgan fingerprint density at radius 2 is 2.00 bits per heavy atom. The van der Waals surface area contributed by atoms with Gasteiger partial charge in [-0.2, -0.15) is 0 Å². The second-order valence-electron chi connectivity index (χ2n) is 4.02. The van der Waals surface area contributed by atoms with Crippen LogP contribution in [0.25, 0.3) is 0 Å². The van der Waals surface area contributed by atoms with E-state index in [1.165, 1.54) is 25.7 Å². The van der Waals surface area contributed by atoms with Crippen LogP contribution in [0, 0.1) is 11.3 Å². The molecule has 2 aliphatic rings. The highest BCUT2D eigenvalue weighted by Crippen LogP contribution is 2.53. The lowest BCUT2D eigenvalue weighted by Crippen LogP contribution is -2.31. The van der Waals surface area contributed by atoms with Crippen LogP contribution < -0.4 is 5.73 Å². The summed E-state index contributed by atoms with van der Waals surface area (Å²) in [5.74, 6) is 0.900. The minimum atomic E-state index is 0.539. The zero-order chi connectivity index (χ0) is 6.48. The molecule has 0 unspecified atom stereocenters. The highest BCUT2D eigenvalue weighted by molar-refractivity contribution is 5.03. The van der Waals surface area contributed by atoms with E-state index in [9.17, 15) is 0 Å². The van der Waals surface area contributed by atoms with E-state index in [-0.39, 0.29) is 0 Å². The highest BCUT2D eigenvalue weighted by Gasteiger charge is 2.48. The Bertz CT molecular complexity index is 123. The van der Waals surface area contributed by atoms with Crippen LogP contribution in [0.3, 0.4) is 0 Å². The topological polar surface area (TPSA) is 26.0 Å². The molecule has 2 saturated carbocycles. The highest BCUT2D eigenvalue weighted by atomic mass is 14.8. The molecule has 0 aromatic rings. The zero-order valence-electron chi connectivity index (χ0n) is 6.06. The lowest BCUT2D eigenvalue weighted by atomic mass is 9.96. The van der Waals surface area contributed by atoms with Gasteiger partial charge in [0.2, 0.25) is 0 Å². The van der Waals surface area contributed by atoms with Gasteiger partial charge in [0.25, 0.3) is 0 Å². The van der Waals surface area contributed by atoms with Gasteiger partial charge in [-0.25, -0.2) is 0 Å². The summed E-state index contributed by atoms with van der Waals surface area (Å²) in [6, 6.07) is 0.539. The Kier molecular flexibility index (Phi) is 0.963. The quantitative estimate of drug-likeness (QED) is 0.595. The molecule has 0 heterocycles. The van der Waals surface area contributed by atoms with E-state index in [0.29, 0.717) is 11.5 Å². The summed E-state index contributed by atoms with van der Waals surface area (Å²) >= 11 is 0. The molecular weight excluding hydrogens is 110 g/mol. The lowest BCUT2D eigenvalue weighted by molar-refractivity contribution is 0.395. The molecule has 0 radical (unpaired) electrons. The summed E-state index contributed by atoms with van der Waals surface area (Å²) in [6.45, 7) is 2.33. The van der Waals surface area contributed by atoms with E-state index in [2.05, 4.69) is 6.92 Å². The molecule has 2 aliphatic carbocycles. The van der Waals surface area contributed by atoms with Crippen LogP contribution in [0.5, 0.6) is 0 Å². The van der Waals surface area contributed by atoms with Crippen molar-refractivity contribution in [3.63, 3.8) is 0 Å². The van der Waals surface area contributed by atoms with Gasteiger partial charge in [-0.1, -0.05) is 6.92 Å². The third kappa shape index (κ3) is 0.877. The van der Waals surface area contributed by atoms with Crippen LogP contribution in [0.4, 0.5) is 0 Å². The first-order valence-electron chi connectivity index (χ1n) is 3.98. The molecule has 2 N–H and O–H groups in total. The van der Waals surface area contributed by atoms with Crippen LogP contribution in [-0.2, 0) is 0 Å². The standard InChI is InChI=1S/C8H15N/c1-8(4-5-8)7(9)6-2-3-6/h6-7H,2-5,9H2,1H3/t7-/m1/s1. The van der Waals surface area contributed by atoms with E-state index in [1.54, 1.807) is 0 Å². The van der Waals surface area contributed by atoms with Crippen molar-refractivity contribution in [3.05, 3.63) is 0 Å². The fraction of sp³-hybridized carbons (Fsp3) is 1.00. The Labute approximate surface area is 56.6 Å². The van der Waals surface area contributed by atoms with Gasteiger partial charge >= 0.3 is 0 Å². The fourth-order valence-corrected chi connectivity index (χ4v) is 1.55. The summed E-state index contributed by atoms with van der Waals surface area (Å²) in [7, 11) is 0. The normalized spacial score (nSPS) is 34.0. The molecule has 0 amide bonds. The fourth-order valence-electron chi connectivity index (χ4n) is 1.55. The van der Waals surface area contributed by atoms with E-state index in [4.69, 9.17) is 5.73 Å². The molecule has 0 aromatic carbocycles. The molecule has 1 heteroatoms. The molecule has 0 spiro atoms. The van der Waals surface area contributed by atoms with Gasteiger partial charge in [0.1, 0.15) is 0 Å². The van der Waals surface area contributed by atoms with E-state index in [1.807, 2.05) is 0 Å². The Morgan fingerprint density at radius 3 is 2.33 bits per heavy atom. The van der Waals surface area contributed by atoms with Gasteiger partial charge in [0.05, 0.1) is 0 Å². The summed E-state index contributed by atoms with van der Waals surface area (Å²) < 4.78 is 0. The van der Waals surface area contributed by atoms with Crippen molar-refractivity contribution in [3.8, 4) is 0 Å². The van der Waals surface area contributed by atoms with Crippen molar-refractivity contribution < 1.29 is 0 Å². The Hall–Kier alpha value is -0.0400. The molecule has 1 atom stereocenters. The number of hydrogen-bond donors (Lipinski definition) is 1. The molecule has 2 rings (SSSR count). The molecule has 52 valence electrons. The van der Waals surface area contributed by atoms with Crippen molar-refractivity contribution >= 4 is 0 Å². The molecule has 0 bridgehead atoms. The van der Waals surface area contributed by atoms with Gasteiger partial charge in [0.15, 0.2) is 0 Å². The van der Waals surface area contributed by atoms with Crippen LogP contribution in [0.2, 0.25) is 0 Å². The van der Waals surface area contributed by atoms with E-state index < -0.39 is 0 Å². The summed E-state index contributed by atoms with van der Waals surface area (Å²) in [6.07, 6.45) is 5.56. The number of hydrogen-bond acceptors (Lipinski definition) is 1. The smallest absolute Gasteiger partial charge is 0.0121 e. The summed E-state index contributed by atoms with van der Waals surface area (Å²) in [5.41, 5.74) is 6.59. The van der Waals surface area contributed by atoms with Crippen molar-refractivity contribution in [2.75, 3.05) is 0 Å². The monoisotopic (exact) mass is 125 g/mol. The molecule has 9 heavy (non-hydrogen) atoms. The van der Waals surface area contributed by atoms with Crippen molar-refractivity contribution in [2.24, 2.45) is 17.1 Å². The minimum absolute atomic E-state index is 0.539. The maximum atomic E-state index is 6.02. The summed E-state index contributed by atoms with van der Waals surface area (Å²) in [5, 5.41) is 0. The second-order valence-corrected chi connectivity index (χ2v) is 4.02. The van der Waals surface area contributed by atoms with Crippen molar-refractivity contribution in [1.29, 1.82) is 0 Å². The molecule has 0 aromatic heterocycles. The van der Waals surface area contributed by atoms with Crippen LogP contribution in [0.15, 0.2) is 0 Å². The summed E-state index contributed by atoms with van der Waals surface area (Å²) in [4.78, 5) is 0. The van der Waals surface area contributed by atoms with Crippen LogP contribution >= 0.6 is 0 Å². The SMILES string of the molecule is CC1([C@H](N)C2CC2)CC1. The third-order valence-electron chi connectivity index (χ3n) is 2.97. The van der Waals surface area contributed by atoms with Crippen molar-refractivity contribution in [2.45, 2.75) is 38.6 Å². The maximum absolute atomic E-state index is 6.02. The average molecular weight is 125 g/mol.